The summed E-state index contributed by atoms with van der Waals surface area (Å²) in [7, 11) is 0. The van der Waals surface area contributed by atoms with E-state index in [1.807, 2.05) is 32.0 Å². The van der Waals surface area contributed by atoms with Gasteiger partial charge in [0.25, 0.3) is 0 Å². The number of benzene rings is 2. The molecule has 0 radical (unpaired) electrons. The summed E-state index contributed by atoms with van der Waals surface area (Å²) in [5.74, 6) is -1.99. The SMILES string of the molecule is Cc1cccc(-n2nnnc2SCC(=O)N2c3ccccc3NC(=O)CC2C(F)(F)F)c1C. The maximum Gasteiger partial charge on any atom is 0.409 e. The van der Waals surface area contributed by atoms with E-state index in [2.05, 4.69) is 20.8 Å². The third-order valence-corrected chi connectivity index (χ3v) is 6.25. The maximum atomic E-state index is 13.9. The zero-order valence-corrected chi connectivity index (χ0v) is 18.4. The van der Waals surface area contributed by atoms with Crippen LogP contribution in [0.3, 0.4) is 0 Å². The quantitative estimate of drug-likeness (QED) is 0.578. The van der Waals surface area contributed by atoms with Crippen molar-refractivity contribution in [2.75, 3.05) is 16.0 Å². The molecule has 0 bridgehead atoms. The lowest BCUT2D eigenvalue weighted by atomic mass is 10.1. The minimum atomic E-state index is -4.80. The Morgan fingerprint density at radius 3 is 2.64 bits per heavy atom. The van der Waals surface area contributed by atoms with E-state index >= 15 is 0 Å². The Balaban J connectivity index is 1.64. The van der Waals surface area contributed by atoms with E-state index in [1.54, 1.807) is 6.07 Å². The van der Waals surface area contributed by atoms with Crippen LogP contribution in [0, 0.1) is 13.8 Å². The summed E-state index contributed by atoms with van der Waals surface area (Å²) in [6.45, 7) is 3.83. The number of hydrogen-bond acceptors (Lipinski definition) is 6. The van der Waals surface area contributed by atoms with Crippen LogP contribution in [0.25, 0.3) is 5.69 Å². The van der Waals surface area contributed by atoms with Gasteiger partial charge in [-0.25, -0.2) is 0 Å². The fourth-order valence-corrected chi connectivity index (χ4v) is 4.32. The van der Waals surface area contributed by atoms with Crippen LogP contribution in [-0.4, -0.2) is 50.0 Å². The molecule has 172 valence electrons. The van der Waals surface area contributed by atoms with Crippen molar-refractivity contribution in [2.45, 2.75) is 37.6 Å². The van der Waals surface area contributed by atoms with Crippen LogP contribution in [0.1, 0.15) is 17.5 Å². The molecule has 2 amide bonds. The molecule has 1 aromatic heterocycles. The first kappa shape index (κ1) is 22.8. The van der Waals surface area contributed by atoms with Crippen molar-refractivity contribution in [3.63, 3.8) is 0 Å². The van der Waals surface area contributed by atoms with Crippen LogP contribution >= 0.6 is 11.8 Å². The van der Waals surface area contributed by atoms with Gasteiger partial charge in [0, 0.05) is 0 Å². The molecule has 4 rings (SSSR count). The highest BCUT2D eigenvalue weighted by atomic mass is 32.2. The van der Waals surface area contributed by atoms with Gasteiger partial charge >= 0.3 is 6.18 Å². The molecule has 12 heteroatoms. The summed E-state index contributed by atoms with van der Waals surface area (Å²) in [5, 5.41) is 14.3. The lowest BCUT2D eigenvalue weighted by molar-refractivity contribution is -0.157. The number of fused-ring (bicyclic) bond motifs is 1. The van der Waals surface area contributed by atoms with Gasteiger partial charge in [0.2, 0.25) is 17.0 Å². The smallest absolute Gasteiger partial charge is 0.324 e. The summed E-state index contributed by atoms with van der Waals surface area (Å²) in [5.41, 5.74) is 2.79. The normalized spacial score (nSPS) is 16.2. The van der Waals surface area contributed by atoms with Gasteiger partial charge in [0.05, 0.1) is 29.2 Å². The zero-order chi connectivity index (χ0) is 23.8. The number of carbonyl (C=O) groups is 2. The van der Waals surface area contributed by atoms with Gasteiger partial charge in [-0.1, -0.05) is 36.0 Å². The second kappa shape index (κ2) is 8.85. The van der Waals surface area contributed by atoms with Crippen LogP contribution in [-0.2, 0) is 9.59 Å². The van der Waals surface area contributed by atoms with Crippen LogP contribution in [0.2, 0.25) is 0 Å². The molecule has 1 aliphatic rings. The van der Waals surface area contributed by atoms with Crippen molar-refractivity contribution in [3.05, 3.63) is 53.6 Å². The molecule has 0 spiro atoms. The number of nitrogens with one attached hydrogen (secondary N) is 1. The number of tetrazole rings is 1. The third-order valence-electron chi connectivity index (χ3n) is 5.34. The Labute approximate surface area is 191 Å². The highest BCUT2D eigenvalue weighted by Crippen LogP contribution is 2.38. The predicted molar refractivity (Wildman–Crippen MR) is 116 cm³/mol. The van der Waals surface area contributed by atoms with E-state index in [1.165, 1.54) is 22.9 Å². The largest absolute Gasteiger partial charge is 0.409 e. The van der Waals surface area contributed by atoms with Gasteiger partial charge in [-0.05, 0) is 53.6 Å². The van der Waals surface area contributed by atoms with Gasteiger partial charge in [-0.3, -0.25) is 14.5 Å². The van der Waals surface area contributed by atoms with Crippen molar-refractivity contribution in [2.24, 2.45) is 0 Å². The van der Waals surface area contributed by atoms with Crippen molar-refractivity contribution in [3.8, 4) is 5.69 Å². The molecule has 0 aliphatic carbocycles. The molecule has 1 atom stereocenters. The minimum Gasteiger partial charge on any atom is -0.324 e. The number of rotatable bonds is 4. The molecular weight excluding hydrogens is 457 g/mol. The van der Waals surface area contributed by atoms with Crippen LogP contribution < -0.4 is 10.2 Å². The lowest BCUT2D eigenvalue weighted by Gasteiger charge is -2.31. The van der Waals surface area contributed by atoms with E-state index in [4.69, 9.17) is 0 Å². The van der Waals surface area contributed by atoms with E-state index in [9.17, 15) is 22.8 Å². The maximum absolute atomic E-state index is 13.9. The van der Waals surface area contributed by atoms with Crippen molar-refractivity contribution in [1.29, 1.82) is 0 Å². The highest BCUT2D eigenvalue weighted by Gasteiger charge is 2.49. The number of hydrogen-bond donors (Lipinski definition) is 1. The molecular formula is C21H19F3N6O2S. The van der Waals surface area contributed by atoms with E-state index in [0.29, 0.717) is 10.6 Å². The summed E-state index contributed by atoms with van der Waals surface area (Å²) >= 11 is 0.923. The van der Waals surface area contributed by atoms with Gasteiger partial charge in [0.1, 0.15) is 6.04 Å². The molecule has 33 heavy (non-hydrogen) atoms. The van der Waals surface area contributed by atoms with Crippen molar-refractivity contribution < 1.29 is 22.8 Å². The first-order chi connectivity index (χ1) is 15.7. The topological polar surface area (TPSA) is 93.0 Å². The first-order valence-corrected chi connectivity index (χ1v) is 10.9. The van der Waals surface area contributed by atoms with Gasteiger partial charge in [0.15, 0.2) is 0 Å². The Hall–Kier alpha value is -3.41. The average molecular weight is 476 g/mol. The number of thioether (sulfide) groups is 1. The van der Waals surface area contributed by atoms with Crippen LogP contribution in [0.15, 0.2) is 47.6 Å². The number of para-hydroxylation sites is 2. The summed E-state index contributed by atoms with van der Waals surface area (Å²) in [6.07, 6.45) is -5.69. The van der Waals surface area contributed by atoms with Crippen molar-refractivity contribution in [1.82, 2.24) is 20.2 Å². The fourth-order valence-electron chi connectivity index (χ4n) is 3.58. The standard InChI is InChI=1S/C21H19F3N6O2S/c1-12-6-5-9-15(13(12)2)30-20(26-27-28-30)33-11-19(32)29-16-8-4-3-7-14(16)25-18(31)10-17(29)21(22,23)24/h3-9,17H,10-11H2,1-2H3,(H,25,31). The lowest BCUT2D eigenvalue weighted by Crippen LogP contribution is -2.50. The Morgan fingerprint density at radius 1 is 1.15 bits per heavy atom. The molecule has 0 fully saturated rings. The van der Waals surface area contributed by atoms with Crippen LogP contribution in [0.5, 0.6) is 0 Å². The monoisotopic (exact) mass is 476 g/mol. The number of aromatic nitrogens is 4. The van der Waals surface area contributed by atoms with Crippen LogP contribution in [0.4, 0.5) is 24.5 Å². The summed E-state index contributed by atoms with van der Waals surface area (Å²) in [4.78, 5) is 25.9. The number of nitrogens with zero attached hydrogens (tertiary/aromatic N) is 5. The molecule has 8 nitrogen and oxygen atoms in total. The van der Waals surface area contributed by atoms with Crippen molar-refractivity contribution >= 4 is 35.0 Å². The number of anilines is 2. The molecule has 0 saturated carbocycles. The van der Waals surface area contributed by atoms with Gasteiger partial charge in [-0.15, -0.1) is 5.10 Å². The highest BCUT2D eigenvalue weighted by molar-refractivity contribution is 7.99. The predicted octanol–water partition coefficient (Wildman–Crippen LogP) is 3.68. The number of carbonyl (C=O) groups excluding carboxylic acids is 2. The molecule has 2 aromatic carbocycles. The Morgan fingerprint density at radius 2 is 1.88 bits per heavy atom. The van der Waals surface area contributed by atoms with Gasteiger partial charge < -0.3 is 5.32 Å². The first-order valence-electron chi connectivity index (χ1n) is 9.92. The molecule has 1 aliphatic heterocycles. The molecule has 3 aromatic rings. The molecule has 0 saturated heterocycles. The van der Waals surface area contributed by atoms with Gasteiger partial charge in [-0.2, -0.15) is 17.9 Å². The number of alkyl halides is 3. The summed E-state index contributed by atoms with van der Waals surface area (Å²) < 4.78 is 43.0. The minimum absolute atomic E-state index is 0.00889. The number of aryl methyl sites for hydroxylation is 1. The second-order valence-corrected chi connectivity index (χ2v) is 8.41. The molecule has 2 heterocycles. The van der Waals surface area contributed by atoms with E-state index in [0.717, 1.165) is 22.9 Å². The molecule has 1 unspecified atom stereocenters. The molecule has 1 N–H and O–H groups in total. The zero-order valence-electron chi connectivity index (χ0n) is 17.6. The summed E-state index contributed by atoms with van der Waals surface area (Å²) in [6, 6.07) is 9.22. The average Bonchev–Trinajstić information content (AvgIpc) is 3.16. The fraction of sp³-hybridized carbons (Fsp3) is 0.286. The second-order valence-electron chi connectivity index (χ2n) is 7.47. The van der Waals surface area contributed by atoms with E-state index in [-0.39, 0.29) is 22.3 Å². The van der Waals surface area contributed by atoms with E-state index < -0.39 is 30.5 Å². The number of amides is 2. The Bertz CT molecular complexity index is 1210. The third kappa shape index (κ3) is 4.56. The number of halogens is 3. The Kier molecular flexibility index (Phi) is 6.11.